The van der Waals surface area contributed by atoms with E-state index in [4.69, 9.17) is 5.11 Å². The minimum atomic E-state index is -0.827. The van der Waals surface area contributed by atoms with Crippen LogP contribution in [0.15, 0.2) is 24.3 Å². The molecule has 2 amide bonds. The number of aliphatic carboxylic acids is 1. The molecule has 0 spiro atoms. The van der Waals surface area contributed by atoms with Gasteiger partial charge in [0.25, 0.3) is 5.91 Å². The van der Waals surface area contributed by atoms with E-state index in [1.807, 2.05) is 0 Å². The molecule has 2 saturated carbocycles. The van der Waals surface area contributed by atoms with Crippen molar-refractivity contribution in [2.45, 2.75) is 38.1 Å². The molecule has 0 saturated heterocycles. The highest BCUT2D eigenvalue weighted by Crippen LogP contribution is 2.31. The van der Waals surface area contributed by atoms with E-state index in [-0.39, 0.29) is 17.7 Å². The van der Waals surface area contributed by atoms with Crippen LogP contribution in [0.1, 0.15) is 42.5 Å². The van der Waals surface area contributed by atoms with E-state index in [1.54, 1.807) is 24.3 Å². The van der Waals surface area contributed by atoms with Gasteiger partial charge < -0.3 is 15.7 Å². The zero-order valence-electron chi connectivity index (χ0n) is 12.7. The molecule has 1 aromatic rings. The van der Waals surface area contributed by atoms with Crippen molar-refractivity contribution >= 4 is 23.5 Å². The Hall–Kier alpha value is -2.37. The standard InChI is InChI=1S/C17H20N2O4/c20-15(18-14-7-8-14)10-3-5-13(6-4-10)19-16(21)11-1-2-12(9-11)17(22)23/h3-6,11-12,14H,1-2,7-9H2,(H,18,20)(H,19,21)(H,22,23)/t11-,12+/m0/s1. The van der Waals surface area contributed by atoms with E-state index < -0.39 is 11.9 Å². The topological polar surface area (TPSA) is 95.5 Å². The summed E-state index contributed by atoms with van der Waals surface area (Å²) >= 11 is 0. The molecule has 6 heteroatoms. The Balaban J connectivity index is 1.54. The highest BCUT2D eigenvalue weighted by molar-refractivity contribution is 5.96. The number of nitrogens with one attached hydrogen (secondary N) is 2. The lowest BCUT2D eigenvalue weighted by atomic mass is 10.0. The van der Waals surface area contributed by atoms with Crippen LogP contribution in [0.25, 0.3) is 0 Å². The number of carboxylic acids is 1. The van der Waals surface area contributed by atoms with E-state index in [9.17, 15) is 14.4 Å². The first-order valence-corrected chi connectivity index (χ1v) is 7.97. The molecule has 122 valence electrons. The third-order valence-corrected chi connectivity index (χ3v) is 4.48. The number of amides is 2. The Morgan fingerprint density at radius 2 is 1.61 bits per heavy atom. The van der Waals surface area contributed by atoms with Crippen LogP contribution in [0.2, 0.25) is 0 Å². The highest BCUT2D eigenvalue weighted by atomic mass is 16.4. The van der Waals surface area contributed by atoms with Crippen LogP contribution in [-0.2, 0) is 9.59 Å². The van der Waals surface area contributed by atoms with Gasteiger partial charge >= 0.3 is 5.97 Å². The summed E-state index contributed by atoms with van der Waals surface area (Å²) in [5.41, 5.74) is 1.19. The lowest BCUT2D eigenvalue weighted by Gasteiger charge is -2.11. The van der Waals surface area contributed by atoms with Crippen molar-refractivity contribution in [3.63, 3.8) is 0 Å². The molecule has 0 unspecified atom stereocenters. The molecule has 3 rings (SSSR count). The molecule has 0 bridgehead atoms. The number of benzene rings is 1. The van der Waals surface area contributed by atoms with Crippen molar-refractivity contribution in [3.8, 4) is 0 Å². The van der Waals surface area contributed by atoms with Crippen LogP contribution in [-0.4, -0.2) is 28.9 Å². The van der Waals surface area contributed by atoms with Crippen molar-refractivity contribution < 1.29 is 19.5 Å². The Kier molecular flexibility index (Phi) is 4.32. The number of anilines is 1. The normalized spacial score (nSPS) is 23.3. The van der Waals surface area contributed by atoms with Crippen LogP contribution in [0, 0.1) is 11.8 Å². The van der Waals surface area contributed by atoms with Gasteiger partial charge in [0.05, 0.1) is 5.92 Å². The summed E-state index contributed by atoms with van der Waals surface area (Å²) in [5, 5.41) is 14.7. The minimum absolute atomic E-state index is 0.0922. The van der Waals surface area contributed by atoms with Crippen LogP contribution < -0.4 is 10.6 Å². The molecule has 2 fully saturated rings. The molecule has 2 atom stereocenters. The van der Waals surface area contributed by atoms with Gasteiger partial charge in [0.1, 0.15) is 0 Å². The maximum Gasteiger partial charge on any atom is 0.306 e. The number of carbonyl (C=O) groups is 3. The van der Waals surface area contributed by atoms with Gasteiger partial charge in [-0.15, -0.1) is 0 Å². The second-order valence-corrected chi connectivity index (χ2v) is 6.36. The summed E-state index contributed by atoms with van der Waals surface area (Å²) in [6.45, 7) is 0. The first kappa shape index (κ1) is 15.5. The summed E-state index contributed by atoms with van der Waals surface area (Å²) in [4.78, 5) is 35.0. The zero-order chi connectivity index (χ0) is 16.4. The lowest BCUT2D eigenvalue weighted by molar-refractivity contribution is -0.141. The maximum atomic E-state index is 12.2. The largest absolute Gasteiger partial charge is 0.481 e. The molecule has 2 aliphatic rings. The first-order valence-electron chi connectivity index (χ1n) is 7.97. The van der Waals surface area contributed by atoms with E-state index in [0.29, 0.717) is 36.6 Å². The smallest absolute Gasteiger partial charge is 0.306 e. The van der Waals surface area contributed by atoms with E-state index in [2.05, 4.69) is 10.6 Å². The predicted molar refractivity (Wildman–Crippen MR) is 84.0 cm³/mol. The number of hydrogen-bond donors (Lipinski definition) is 3. The Labute approximate surface area is 134 Å². The fourth-order valence-corrected chi connectivity index (χ4v) is 2.89. The molecule has 0 heterocycles. The second-order valence-electron chi connectivity index (χ2n) is 6.36. The third-order valence-electron chi connectivity index (χ3n) is 4.48. The van der Waals surface area contributed by atoms with E-state index in [0.717, 1.165) is 12.8 Å². The fraction of sp³-hybridized carbons (Fsp3) is 0.471. The van der Waals surface area contributed by atoms with Crippen molar-refractivity contribution in [1.82, 2.24) is 5.32 Å². The Morgan fingerprint density at radius 1 is 0.957 bits per heavy atom. The summed E-state index contributed by atoms with van der Waals surface area (Å²) in [6, 6.07) is 7.07. The predicted octanol–water partition coefficient (Wildman–Crippen LogP) is 2.02. The molecular formula is C17H20N2O4. The Bertz CT molecular complexity index is 622. The molecule has 0 aliphatic heterocycles. The molecule has 2 aliphatic carbocycles. The van der Waals surface area contributed by atoms with Crippen LogP contribution >= 0.6 is 0 Å². The number of carboxylic acid groups (broad SMARTS) is 1. The molecule has 3 N–H and O–H groups in total. The van der Waals surface area contributed by atoms with Gasteiger partial charge in [0.2, 0.25) is 5.91 Å². The highest BCUT2D eigenvalue weighted by Gasteiger charge is 2.33. The number of rotatable bonds is 5. The average molecular weight is 316 g/mol. The molecular weight excluding hydrogens is 296 g/mol. The van der Waals surface area contributed by atoms with Crippen molar-refractivity contribution in [1.29, 1.82) is 0 Å². The van der Waals surface area contributed by atoms with E-state index in [1.165, 1.54) is 0 Å². The van der Waals surface area contributed by atoms with Gasteiger partial charge in [-0.3, -0.25) is 14.4 Å². The number of hydrogen-bond acceptors (Lipinski definition) is 3. The van der Waals surface area contributed by atoms with Crippen molar-refractivity contribution in [3.05, 3.63) is 29.8 Å². The van der Waals surface area contributed by atoms with Crippen molar-refractivity contribution in [2.75, 3.05) is 5.32 Å². The summed E-state index contributed by atoms with van der Waals surface area (Å²) in [7, 11) is 0. The van der Waals surface area contributed by atoms with Gasteiger partial charge in [0.15, 0.2) is 0 Å². The summed E-state index contributed by atoms with van der Waals surface area (Å²) < 4.78 is 0. The number of carbonyl (C=O) groups excluding carboxylic acids is 2. The average Bonchev–Trinajstić information content (AvgIpc) is 3.19. The monoisotopic (exact) mass is 316 g/mol. The molecule has 23 heavy (non-hydrogen) atoms. The van der Waals surface area contributed by atoms with Crippen molar-refractivity contribution in [2.24, 2.45) is 11.8 Å². The summed E-state index contributed by atoms with van der Waals surface area (Å²) in [6.07, 6.45) is 3.62. The van der Waals surface area contributed by atoms with Crippen LogP contribution in [0.3, 0.4) is 0 Å². The van der Waals surface area contributed by atoms with Gasteiger partial charge in [-0.2, -0.15) is 0 Å². The summed E-state index contributed by atoms with van der Waals surface area (Å²) in [5.74, 6) is -1.74. The lowest BCUT2D eigenvalue weighted by Crippen LogP contribution is -2.25. The fourth-order valence-electron chi connectivity index (χ4n) is 2.89. The molecule has 0 radical (unpaired) electrons. The van der Waals surface area contributed by atoms with Crippen LogP contribution in [0.4, 0.5) is 5.69 Å². The molecule has 0 aromatic heterocycles. The van der Waals surface area contributed by atoms with Gasteiger partial charge in [-0.1, -0.05) is 0 Å². The second kappa shape index (κ2) is 6.40. The van der Waals surface area contributed by atoms with Gasteiger partial charge in [0, 0.05) is 23.2 Å². The quantitative estimate of drug-likeness (QED) is 0.774. The first-order chi connectivity index (χ1) is 11.0. The van der Waals surface area contributed by atoms with Gasteiger partial charge in [-0.25, -0.2) is 0 Å². The zero-order valence-corrected chi connectivity index (χ0v) is 12.7. The van der Waals surface area contributed by atoms with Crippen LogP contribution in [0.5, 0.6) is 0 Å². The van der Waals surface area contributed by atoms with Gasteiger partial charge in [-0.05, 0) is 56.4 Å². The Morgan fingerprint density at radius 3 is 2.17 bits per heavy atom. The SMILES string of the molecule is O=C(NC1CC1)c1ccc(NC(=O)[C@H]2CC[C@@H](C(=O)O)C2)cc1. The van der Waals surface area contributed by atoms with E-state index >= 15 is 0 Å². The molecule has 1 aromatic carbocycles. The third kappa shape index (κ3) is 3.88. The molecule has 6 nitrogen and oxygen atoms in total. The minimum Gasteiger partial charge on any atom is -0.481 e. The maximum absolute atomic E-state index is 12.2.